The summed E-state index contributed by atoms with van der Waals surface area (Å²) in [5.41, 5.74) is 0. The average Bonchev–Trinajstić information content (AvgIpc) is 2.93. The van der Waals surface area contributed by atoms with Gasteiger partial charge in [-0.3, -0.25) is 19.5 Å². The van der Waals surface area contributed by atoms with Crippen LogP contribution < -0.4 is 10.2 Å². The van der Waals surface area contributed by atoms with Gasteiger partial charge in [0.2, 0.25) is 11.8 Å². The van der Waals surface area contributed by atoms with Crippen LogP contribution in [0.5, 0.6) is 0 Å². The van der Waals surface area contributed by atoms with Gasteiger partial charge in [0, 0.05) is 64.6 Å². The molecule has 142 valence electrons. The van der Waals surface area contributed by atoms with Crippen LogP contribution in [0.2, 0.25) is 0 Å². The Hall–Kier alpha value is -2.22. The molecular formula is C18H28N6O2. The van der Waals surface area contributed by atoms with E-state index in [2.05, 4.69) is 25.1 Å². The van der Waals surface area contributed by atoms with E-state index in [1.807, 2.05) is 4.90 Å². The molecule has 0 saturated carbocycles. The maximum atomic E-state index is 12.9. The fourth-order valence-electron chi connectivity index (χ4n) is 3.70. The number of amides is 2. The van der Waals surface area contributed by atoms with Gasteiger partial charge in [-0.1, -0.05) is 0 Å². The fourth-order valence-corrected chi connectivity index (χ4v) is 3.70. The molecule has 1 aromatic heterocycles. The minimum atomic E-state index is 0.0289. The van der Waals surface area contributed by atoms with E-state index in [1.54, 1.807) is 25.6 Å². The van der Waals surface area contributed by atoms with Crippen molar-refractivity contribution < 1.29 is 9.59 Å². The molecule has 2 fully saturated rings. The van der Waals surface area contributed by atoms with Crippen molar-refractivity contribution in [3.63, 3.8) is 0 Å². The smallest absolute Gasteiger partial charge is 0.233 e. The Morgan fingerprint density at radius 3 is 2.62 bits per heavy atom. The number of likely N-dealkylation sites (N-methyl/N-ethyl adjacent to an activating group) is 1. The first kappa shape index (κ1) is 18.6. The Morgan fingerprint density at radius 2 is 1.92 bits per heavy atom. The minimum absolute atomic E-state index is 0.0289. The molecular weight excluding hydrogens is 332 g/mol. The van der Waals surface area contributed by atoms with Gasteiger partial charge in [0.1, 0.15) is 5.82 Å². The number of nitrogens with zero attached hydrogens (tertiary/aromatic N) is 5. The van der Waals surface area contributed by atoms with Crippen LogP contribution in [0.4, 0.5) is 5.82 Å². The molecule has 0 aliphatic carbocycles. The van der Waals surface area contributed by atoms with E-state index in [0.717, 1.165) is 57.8 Å². The van der Waals surface area contributed by atoms with Crippen molar-refractivity contribution in [3.05, 3.63) is 18.6 Å². The van der Waals surface area contributed by atoms with E-state index in [4.69, 9.17) is 0 Å². The molecule has 26 heavy (non-hydrogen) atoms. The summed E-state index contributed by atoms with van der Waals surface area (Å²) in [5, 5.41) is 2.66. The molecule has 2 aliphatic heterocycles. The van der Waals surface area contributed by atoms with E-state index in [-0.39, 0.29) is 17.7 Å². The number of carbonyl (C=O) groups excluding carboxylic acids is 2. The van der Waals surface area contributed by atoms with Crippen molar-refractivity contribution in [3.8, 4) is 0 Å². The Kier molecular flexibility index (Phi) is 6.38. The molecule has 8 heteroatoms. The van der Waals surface area contributed by atoms with Crippen LogP contribution in [0.25, 0.3) is 0 Å². The normalized spacial score (nSPS) is 19.9. The number of hydrogen-bond acceptors (Lipinski definition) is 6. The van der Waals surface area contributed by atoms with Crippen molar-refractivity contribution >= 4 is 17.6 Å². The monoisotopic (exact) mass is 360 g/mol. The molecule has 2 amide bonds. The molecule has 3 rings (SSSR count). The average molecular weight is 360 g/mol. The van der Waals surface area contributed by atoms with Crippen LogP contribution in [0.1, 0.15) is 19.3 Å². The topological polar surface area (TPSA) is 81.7 Å². The largest absolute Gasteiger partial charge is 0.358 e. The number of piperidine rings is 1. The number of aromatic nitrogens is 2. The minimum Gasteiger partial charge on any atom is -0.358 e. The standard InChI is InChI=1S/C18H28N6O2/c1-19-17(25)14-22-7-2-8-24(12-11-22)18(26)15-3-9-23(10-4-15)16-13-20-5-6-21-16/h5-6,13,15H,2-4,7-12,14H2,1H3,(H,19,25). The van der Waals surface area contributed by atoms with Crippen molar-refractivity contribution in [2.24, 2.45) is 5.92 Å². The van der Waals surface area contributed by atoms with Gasteiger partial charge in [0.15, 0.2) is 0 Å². The zero-order valence-electron chi connectivity index (χ0n) is 15.4. The maximum Gasteiger partial charge on any atom is 0.233 e. The first-order valence-corrected chi connectivity index (χ1v) is 9.40. The summed E-state index contributed by atoms with van der Waals surface area (Å²) in [4.78, 5) is 39.3. The first-order chi connectivity index (χ1) is 12.7. The maximum absolute atomic E-state index is 12.9. The Labute approximate surface area is 154 Å². The summed E-state index contributed by atoms with van der Waals surface area (Å²) in [6, 6.07) is 0. The van der Waals surface area contributed by atoms with Gasteiger partial charge in [0.25, 0.3) is 0 Å². The highest BCUT2D eigenvalue weighted by Crippen LogP contribution is 2.23. The molecule has 1 aromatic rings. The van der Waals surface area contributed by atoms with Gasteiger partial charge in [-0.2, -0.15) is 0 Å². The van der Waals surface area contributed by atoms with Gasteiger partial charge in [0.05, 0.1) is 12.7 Å². The molecule has 0 radical (unpaired) electrons. The lowest BCUT2D eigenvalue weighted by Crippen LogP contribution is -2.44. The van der Waals surface area contributed by atoms with Crippen LogP contribution >= 0.6 is 0 Å². The number of hydrogen-bond donors (Lipinski definition) is 1. The molecule has 8 nitrogen and oxygen atoms in total. The van der Waals surface area contributed by atoms with Gasteiger partial charge < -0.3 is 15.1 Å². The second-order valence-corrected chi connectivity index (χ2v) is 6.95. The highest BCUT2D eigenvalue weighted by atomic mass is 16.2. The highest BCUT2D eigenvalue weighted by molar-refractivity contribution is 5.79. The van der Waals surface area contributed by atoms with E-state index in [9.17, 15) is 9.59 Å². The third-order valence-electron chi connectivity index (χ3n) is 5.26. The van der Waals surface area contributed by atoms with Crippen molar-refractivity contribution in [1.82, 2.24) is 25.1 Å². The molecule has 0 atom stereocenters. The molecule has 2 aliphatic rings. The quantitative estimate of drug-likeness (QED) is 0.812. The molecule has 3 heterocycles. The van der Waals surface area contributed by atoms with Crippen molar-refractivity contribution in [2.75, 3.05) is 57.8 Å². The van der Waals surface area contributed by atoms with E-state index in [1.165, 1.54) is 0 Å². The Bertz CT molecular complexity index is 603. The molecule has 0 spiro atoms. The van der Waals surface area contributed by atoms with E-state index in [0.29, 0.717) is 13.1 Å². The Balaban J connectivity index is 1.48. The zero-order valence-corrected chi connectivity index (χ0v) is 15.4. The summed E-state index contributed by atoms with van der Waals surface area (Å²) in [6.45, 7) is 5.21. The third kappa shape index (κ3) is 4.69. The summed E-state index contributed by atoms with van der Waals surface area (Å²) in [5.74, 6) is 1.28. The highest BCUT2D eigenvalue weighted by Gasteiger charge is 2.30. The molecule has 1 N–H and O–H groups in total. The van der Waals surface area contributed by atoms with Gasteiger partial charge in [-0.15, -0.1) is 0 Å². The van der Waals surface area contributed by atoms with Gasteiger partial charge >= 0.3 is 0 Å². The van der Waals surface area contributed by atoms with Crippen LogP contribution in [-0.2, 0) is 9.59 Å². The molecule has 2 saturated heterocycles. The molecule has 0 aromatic carbocycles. The number of nitrogens with one attached hydrogen (secondary N) is 1. The summed E-state index contributed by atoms with van der Waals surface area (Å²) in [7, 11) is 1.66. The van der Waals surface area contributed by atoms with Crippen molar-refractivity contribution in [1.29, 1.82) is 0 Å². The lowest BCUT2D eigenvalue weighted by atomic mass is 9.95. The van der Waals surface area contributed by atoms with Crippen LogP contribution in [0, 0.1) is 5.92 Å². The summed E-state index contributed by atoms with van der Waals surface area (Å²) >= 11 is 0. The second kappa shape index (κ2) is 8.93. The number of carbonyl (C=O) groups is 2. The van der Waals surface area contributed by atoms with E-state index < -0.39 is 0 Å². The molecule has 0 bridgehead atoms. The number of rotatable bonds is 4. The summed E-state index contributed by atoms with van der Waals surface area (Å²) in [6.07, 6.45) is 7.78. The van der Waals surface area contributed by atoms with Crippen LogP contribution in [-0.4, -0.2) is 84.4 Å². The number of anilines is 1. The molecule has 0 unspecified atom stereocenters. The fraction of sp³-hybridized carbons (Fsp3) is 0.667. The predicted molar refractivity (Wildman–Crippen MR) is 98.7 cm³/mol. The third-order valence-corrected chi connectivity index (χ3v) is 5.26. The van der Waals surface area contributed by atoms with Crippen molar-refractivity contribution in [2.45, 2.75) is 19.3 Å². The lowest BCUT2D eigenvalue weighted by molar-refractivity contribution is -0.136. The Morgan fingerprint density at radius 1 is 1.12 bits per heavy atom. The first-order valence-electron chi connectivity index (χ1n) is 9.40. The van der Waals surface area contributed by atoms with Gasteiger partial charge in [-0.25, -0.2) is 4.98 Å². The van der Waals surface area contributed by atoms with Crippen LogP contribution in [0.15, 0.2) is 18.6 Å². The van der Waals surface area contributed by atoms with Gasteiger partial charge in [-0.05, 0) is 19.3 Å². The van der Waals surface area contributed by atoms with E-state index >= 15 is 0 Å². The zero-order chi connectivity index (χ0) is 18.4. The second-order valence-electron chi connectivity index (χ2n) is 6.95. The predicted octanol–water partition coefficient (Wildman–Crippen LogP) is -0.0267. The summed E-state index contributed by atoms with van der Waals surface area (Å²) < 4.78 is 0. The SMILES string of the molecule is CNC(=O)CN1CCCN(C(=O)C2CCN(c3cnccn3)CC2)CC1. The van der Waals surface area contributed by atoms with Crippen LogP contribution in [0.3, 0.4) is 0 Å². The lowest BCUT2D eigenvalue weighted by Gasteiger charge is -2.34.